The quantitative estimate of drug-likeness (QED) is 0.568. The van der Waals surface area contributed by atoms with Crippen LogP contribution in [-0.4, -0.2) is 45.1 Å². The first-order chi connectivity index (χ1) is 12.9. The topological polar surface area (TPSA) is 71.9 Å². The first kappa shape index (κ1) is 20.4. The minimum absolute atomic E-state index is 0.101. The van der Waals surface area contributed by atoms with Crippen LogP contribution in [0.3, 0.4) is 0 Å². The molecule has 0 saturated heterocycles. The number of hydrogen-bond donors (Lipinski definition) is 3. The van der Waals surface area contributed by atoms with Crippen molar-refractivity contribution >= 4 is 17.5 Å². The molecule has 1 atom stereocenters. The van der Waals surface area contributed by atoms with Crippen molar-refractivity contribution in [1.82, 2.24) is 5.32 Å². The number of anilines is 1. The second-order valence-corrected chi connectivity index (χ2v) is 6.38. The van der Waals surface area contributed by atoms with Gasteiger partial charge in [-0.05, 0) is 42.8 Å². The average molecular weight is 374 g/mol. The summed E-state index contributed by atoms with van der Waals surface area (Å²) in [5.74, 6) is -0.102. The summed E-state index contributed by atoms with van der Waals surface area (Å²) in [7, 11) is 1.74. The fourth-order valence-corrected chi connectivity index (χ4v) is 2.51. The first-order valence-electron chi connectivity index (χ1n) is 8.75. The van der Waals surface area contributed by atoms with Gasteiger partial charge in [0.1, 0.15) is 18.2 Å². The fraction of sp³-hybridized carbons (Fsp3) is 0.300. The molecule has 6 nitrogen and oxygen atoms in total. The Kier molecular flexibility index (Phi) is 7.76. The first-order valence-corrected chi connectivity index (χ1v) is 8.75. The molecule has 0 aliphatic rings. The maximum absolute atomic E-state index is 13.1. The van der Waals surface area contributed by atoms with Gasteiger partial charge in [0.25, 0.3) is 11.8 Å². The van der Waals surface area contributed by atoms with Crippen molar-refractivity contribution in [2.75, 3.05) is 38.6 Å². The van der Waals surface area contributed by atoms with E-state index in [-0.39, 0.29) is 24.9 Å². The van der Waals surface area contributed by atoms with Gasteiger partial charge in [0.15, 0.2) is 13.1 Å². The Labute approximate surface area is 158 Å². The Bertz CT molecular complexity index is 783. The summed E-state index contributed by atoms with van der Waals surface area (Å²) in [6.45, 7) is 2.99. The molecule has 0 saturated carbocycles. The number of halogens is 1. The summed E-state index contributed by atoms with van der Waals surface area (Å²) in [6, 6.07) is 13.4. The van der Waals surface area contributed by atoms with E-state index in [9.17, 15) is 14.0 Å². The summed E-state index contributed by atoms with van der Waals surface area (Å²) >= 11 is 0. The Hall–Kier alpha value is -2.93. The lowest BCUT2D eigenvalue weighted by Gasteiger charge is -2.14. The average Bonchev–Trinajstić information content (AvgIpc) is 2.58. The van der Waals surface area contributed by atoms with E-state index in [0.717, 1.165) is 16.2 Å². The second-order valence-electron chi connectivity index (χ2n) is 6.38. The molecule has 0 heterocycles. The third kappa shape index (κ3) is 7.87. The lowest BCUT2D eigenvalue weighted by Crippen LogP contribution is -3.11. The van der Waals surface area contributed by atoms with E-state index in [4.69, 9.17) is 4.74 Å². The van der Waals surface area contributed by atoms with Crippen LogP contribution >= 0.6 is 0 Å². The van der Waals surface area contributed by atoms with Gasteiger partial charge in [0, 0.05) is 5.69 Å². The zero-order valence-corrected chi connectivity index (χ0v) is 15.5. The smallest absolute Gasteiger partial charge is 0.279 e. The lowest BCUT2D eigenvalue weighted by atomic mass is 10.2. The number of benzene rings is 2. The minimum atomic E-state index is -0.416. The Morgan fingerprint density at radius 3 is 2.56 bits per heavy atom. The van der Waals surface area contributed by atoms with Crippen LogP contribution in [0.1, 0.15) is 5.56 Å². The Balaban J connectivity index is 1.63. The molecule has 0 fully saturated rings. The maximum Gasteiger partial charge on any atom is 0.279 e. The molecular formula is C20H25FN3O3+. The van der Waals surface area contributed by atoms with Gasteiger partial charge in [-0.1, -0.05) is 18.2 Å². The van der Waals surface area contributed by atoms with Crippen LogP contribution in [-0.2, 0) is 9.59 Å². The number of likely N-dealkylation sites (N-methyl/N-ethyl adjacent to an activating group) is 1. The van der Waals surface area contributed by atoms with Crippen molar-refractivity contribution in [3.8, 4) is 5.75 Å². The number of quaternary nitrogens is 1. The molecule has 0 bridgehead atoms. The summed E-state index contributed by atoms with van der Waals surface area (Å²) in [6.07, 6.45) is 0. The van der Waals surface area contributed by atoms with Crippen molar-refractivity contribution in [2.45, 2.75) is 6.92 Å². The van der Waals surface area contributed by atoms with E-state index in [1.807, 2.05) is 31.2 Å². The van der Waals surface area contributed by atoms with E-state index in [0.29, 0.717) is 18.8 Å². The van der Waals surface area contributed by atoms with Gasteiger partial charge < -0.3 is 20.3 Å². The van der Waals surface area contributed by atoms with Crippen LogP contribution in [0.4, 0.5) is 10.1 Å². The van der Waals surface area contributed by atoms with Crippen molar-refractivity contribution in [3.63, 3.8) is 0 Å². The van der Waals surface area contributed by atoms with Gasteiger partial charge in [-0.25, -0.2) is 4.39 Å². The lowest BCUT2D eigenvalue weighted by molar-refractivity contribution is -0.862. The van der Waals surface area contributed by atoms with Crippen molar-refractivity contribution in [2.24, 2.45) is 0 Å². The number of carbonyl (C=O) groups is 2. The highest BCUT2D eigenvalue weighted by atomic mass is 19.1. The minimum Gasteiger partial charge on any atom is -0.492 e. The highest BCUT2D eigenvalue weighted by molar-refractivity contribution is 5.91. The number of nitrogens with one attached hydrogen (secondary N) is 3. The van der Waals surface area contributed by atoms with Crippen LogP contribution in [0, 0.1) is 12.7 Å². The summed E-state index contributed by atoms with van der Waals surface area (Å²) in [4.78, 5) is 24.6. The molecule has 2 amide bonds. The zero-order chi connectivity index (χ0) is 19.6. The highest BCUT2D eigenvalue weighted by Gasteiger charge is 2.14. The van der Waals surface area contributed by atoms with E-state index >= 15 is 0 Å². The maximum atomic E-state index is 13.1. The van der Waals surface area contributed by atoms with Crippen LogP contribution in [0.15, 0.2) is 48.5 Å². The van der Waals surface area contributed by atoms with Crippen molar-refractivity contribution in [3.05, 3.63) is 59.9 Å². The molecule has 7 heteroatoms. The van der Waals surface area contributed by atoms with Gasteiger partial charge in [-0.3, -0.25) is 9.59 Å². The molecule has 0 aromatic heterocycles. The SMILES string of the molecule is Cc1cccc(OCCNC(=O)C[NH+](C)CC(=O)Nc2cccc(F)c2)c1. The van der Waals surface area contributed by atoms with Gasteiger partial charge in [0.2, 0.25) is 0 Å². The number of carbonyl (C=O) groups excluding carboxylic acids is 2. The Morgan fingerprint density at radius 2 is 1.81 bits per heavy atom. The summed E-state index contributed by atoms with van der Waals surface area (Å²) in [5.41, 5.74) is 1.50. The molecule has 2 aromatic rings. The highest BCUT2D eigenvalue weighted by Crippen LogP contribution is 2.11. The molecule has 2 rings (SSSR count). The van der Waals surface area contributed by atoms with E-state index < -0.39 is 5.82 Å². The normalized spacial score (nSPS) is 11.5. The predicted octanol–water partition coefficient (Wildman–Crippen LogP) is 0.783. The molecule has 144 valence electrons. The molecule has 0 aliphatic carbocycles. The van der Waals surface area contributed by atoms with Gasteiger partial charge in [-0.2, -0.15) is 0 Å². The van der Waals surface area contributed by atoms with Gasteiger partial charge >= 0.3 is 0 Å². The predicted molar refractivity (Wildman–Crippen MR) is 101 cm³/mol. The van der Waals surface area contributed by atoms with E-state index in [1.54, 1.807) is 13.1 Å². The number of amides is 2. The molecule has 3 N–H and O–H groups in total. The van der Waals surface area contributed by atoms with E-state index in [2.05, 4.69) is 10.6 Å². The Morgan fingerprint density at radius 1 is 1.07 bits per heavy atom. The number of rotatable bonds is 9. The van der Waals surface area contributed by atoms with Gasteiger partial charge in [-0.15, -0.1) is 0 Å². The van der Waals surface area contributed by atoms with Crippen molar-refractivity contribution in [1.29, 1.82) is 0 Å². The molecule has 27 heavy (non-hydrogen) atoms. The third-order valence-corrected chi connectivity index (χ3v) is 3.72. The largest absolute Gasteiger partial charge is 0.492 e. The zero-order valence-electron chi connectivity index (χ0n) is 15.5. The number of aryl methyl sites for hydroxylation is 1. The summed E-state index contributed by atoms with van der Waals surface area (Å²) in [5, 5.41) is 5.37. The molecule has 2 aromatic carbocycles. The molecule has 0 radical (unpaired) electrons. The monoisotopic (exact) mass is 374 g/mol. The standard InChI is InChI=1S/C20H24FN3O3/c1-15-5-3-8-18(11-15)27-10-9-22-19(25)13-24(2)14-20(26)23-17-7-4-6-16(21)12-17/h3-8,11-12H,9-10,13-14H2,1-2H3,(H,22,25)(H,23,26)/p+1. The van der Waals surface area contributed by atoms with Gasteiger partial charge in [0.05, 0.1) is 13.6 Å². The number of ether oxygens (including phenoxy) is 1. The van der Waals surface area contributed by atoms with Crippen molar-refractivity contribution < 1.29 is 23.6 Å². The third-order valence-electron chi connectivity index (χ3n) is 3.72. The molecule has 0 aliphatic heterocycles. The summed E-state index contributed by atoms with van der Waals surface area (Å²) < 4.78 is 18.7. The van der Waals surface area contributed by atoms with Crippen LogP contribution in [0.2, 0.25) is 0 Å². The van der Waals surface area contributed by atoms with Crippen LogP contribution < -0.4 is 20.3 Å². The number of hydrogen-bond acceptors (Lipinski definition) is 3. The second kappa shape index (κ2) is 10.3. The molecule has 0 spiro atoms. The molecule has 1 unspecified atom stereocenters. The fourth-order valence-electron chi connectivity index (χ4n) is 2.51. The van der Waals surface area contributed by atoms with Crippen LogP contribution in [0.25, 0.3) is 0 Å². The van der Waals surface area contributed by atoms with E-state index in [1.165, 1.54) is 18.2 Å². The van der Waals surface area contributed by atoms with Crippen LogP contribution in [0.5, 0.6) is 5.75 Å². The molecular weight excluding hydrogens is 349 g/mol.